The second-order valence-electron chi connectivity index (χ2n) is 4.83. The number of carbonyl (C=O) groups is 2. The molecule has 1 N–H and O–H groups in total. The summed E-state index contributed by atoms with van der Waals surface area (Å²) in [5.74, 6) is -0.914. The maximum Gasteiger partial charge on any atom is 0.329 e. The molecule has 1 rings (SSSR count). The fourth-order valence-corrected chi connectivity index (χ4v) is 2.75. The van der Waals surface area contributed by atoms with Crippen LogP contribution in [0.4, 0.5) is 0 Å². The molecule has 5 heteroatoms. The average Bonchev–Trinajstić information content (AvgIpc) is 2.75. The minimum absolute atomic E-state index is 0.0552. The van der Waals surface area contributed by atoms with E-state index in [9.17, 15) is 14.7 Å². The summed E-state index contributed by atoms with van der Waals surface area (Å²) in [4.78, 5) is 25.2. The lowest BCUT2D eigenvalue weighted by molar-refractivity contribution is -0.157. The van der Waals surface area contributed by atoms with E-state index in [0.29, 0.717) is 38.8 Å². The first kappa shape index (κ1) is 15.0. The van der Waals surface area contributed by atoms with E-state index >= 15 is 0 Å². The minimum Gasteiger partial charge on any atom is -0.479 e. The van der Waals surface area contributed by atoms with Crippen LogP contribution in [0.3, 0.4) is 0 Å². The van der Waals surface area contributed by atoms with Crippen molar-refractivity contribution >= 4 is 11.9 Å². The number of amides is 1. The Kier molecular flexibility index (Phi) is 5.59. The first-order valence-corrected chi connectivity index (χ1v) is 6.61. The molecule has 0 aromatic heterocycles. The predicted molar refractivity (Wildman–Crippen MR) is 67.3 cm³/mol. The van der Waals surface area contributed by atoms with Crippen LogP contribution < -0.4 is 0 Å². The topological polar surface area (TPSA) is 66.8 Å². The number of nitrogens with zero attached hydrogens (tertiary/aromatic N) is 1. The van der Waals surface area contributed by atoms with E-state index in [1.54, 1.807) is 12.0 Å². The zero-order valence-electron chi connectivity index (χ0n) is 11.3. The van der Waals surface area contributed by atoms with Crippen LogP contribution in [0.5, 0.6) is 0 Å². The Morgan fingerprint density at radius 3 is 2.72 bits per heavy atom. The molecular formula is C13H23NO4. The fraction of sp³-hybridized carbons (Fsp3) is 0.846. The van der Waals surface area contributed by atoms with Gasteiger partial charge in [-0.05, 0) is 25.7 Å². The molecule has 18 heavy (non-hydrogen) atoms. The molecule has 1 atom stereocenters. The largest absolute Gasteiger partial charge is 0.479 e. The summed E-state index contributed by atoms with van der Waals surface area (Å²) in [6.07, 6.45) is 3.68. The molecule has 1 fully saturated rings. The molecule has 0 bridgehead atoms. The molecule has 0 saturated carbocycles. The van der Waals surface area contributed by atoms with Crippen molar-refractivity contribution in [2.45, 2.75) is 51.0 Å². The molecule has 0 aliphatic carbocycles. The summed E-state index contributed by atoms with van der Waals surface area (Å²) in [5, 5.41) is 9.47. The minimum atomic E-state index is -0.959. The van der Waals surface area contributed by atoms with Crippen LogP contribution in [0, 0.1) is 0 Å². The molecule has 0 aromatic rings. The van der Waals surface area contributed by atoms with Gasteiger partial charge in [0.1, 0.15) is 5.54 Å². The van der Waals surface area contributed by atoms with Crippen molar-refractivity contribution in [1.82, 2.24) is 4.90 Å². The van der Waals surface area contributed by atoms with Crippen LogP contribution in [-0.4, -0.2) is 47.7 Å². The highest BCUT2D eigenvalue weighted by molar-refractivity contribution is 5.87. The Morgan fingerprint density at radius 1 is 1.44 bits per heavy atom. The van der Waals surface area contributed by atoms with Gasteiger partial charge in [-0.2, -0.15) is 0 Å². The second-order valence-corrected chi connectivity index (χ2v) is 4.83. The quantitative estimate of drug-likeness (QED) is 0.704. The van der Waals surface area contributed by atoms with Gasteiger partial charge in [0.05, 0.1) is 0 Å². The van der Waals surface area contributed by atoms with Gasteiger partial charge in [0, 0.05) is 26.7 Å². The molecule has 1 heterocycles. The van der Waals surface area contributed by atoms with Gasteiger partial charge < -0.3 is 14.7 Å². The molecule has 0 radical (unpaired) electrons. The summed E-state index contributed by atoms with van der Waals surface area (Å²) >= 11 is 0. The van der Waals surface area contributed by atoms with Gasteiger partial charge in [-0.25, -0.2) is 4.79 Å². The summed E-state index contributed by atoms with van der Waals surface area (Å²) in [7, 11) is 1.60. The second kappa shape index (κ2) is 6.73. The van der Waals surface area contributed by atoms with E-state index in [1.165, 1.54) is 0 Å². The van der Waals surface area contributed by atoms with Gasteiger partial charge in [-0.3, -0.25) is 4.79 Å². The Morgan fingerprint density at radius 2 is 2.17 bits per heavy atom. The van der Waals surface area contributed by atoms with Crippen LogP contribution in [0.1, 0.15) is 45.4 Å². The summed E-state index contributed by atoms with van der Waals surface area (Å²) < 4.78 is 4.91. The summed E-state index contributed by atoms with van der Waals surface area (Å²) in [6, 6.07) is 0. The van der Waals surface area contributed by atoms with E-state index < -0.39 is 11.5 Å². The molecule has 104 valence electrons. The monoisotopic (exact) mass is 257 g/mol. The Bertz CT molecular complexity index is 305. The highest BCUT2D eigenvalue weighted by atomic mass is 16.5. The molecule has 5 nitrogen and oxygen atoms in total. The average molecular weight is 257 g/mol. The number of hydrogen-bond acceptors (Lipinski definition) is 3. The van der Waals surface area contributed by atoms with Crippen molar-refractivity contribution in [3.8, 4) is 0 Å². The third-order valence-corrected chi connectivity index (χ3v) is 3.59. The number of hydrogen-bond donors (Lipinski definition) is 1. The number of likely N-dealkylation sites (tertiary alicyclic amines) is 1. The number of ether oxygens (including phenoxy) is 1. The lowest BCUT2D eigenvalue weighted by Gasteiger charge is -2.34. The van der Waals surface area contributed by atoms with Crippen molar-refractivity contribution in [3.05, 3.63) is 0 Å². The van der Waals surface area contributed by atoms with E-state index in [-0.39, 0.29) is 5.91 Å². The van der Waals surface area contributed by atoms with Crippen LogP contribution in [-0.2, 0) is 14.3 Å². The van der Waals surface area contributed by atoms with E-state index in [1.807, 2.05) is 6.92 Å². The third kappa shape index (κ3) is 3.02. The number of rotatable bonds is 7. The van der Waals surface area contributed by atoms with Gasteiger partial charge in [0.25, 0.3) is 0 Å². The Balaban J connectivity index is 2.72. The Hall–Kier alpha value is -1.10. The van der Waals surface area contributed by atoms with Gasteiger partial charge in [0.15, 0.2) is 0 Å². The number of aliphatic carboxylic acids is 1. The van der Waals surface area contributed by atoms with Crippen LogP contribution >= 0.6 is 0 Å². The standard InChI is InChI=1S/C13H23NO4/c1-3-7-13(12(16)17)8-5-9-14(13)11(15)6-4-10-18-2/h3-10H2,1-2H3,(H,16,17). The van der Waals surface area contributed by atoms with Crippen LogP contribution in [0.2, 0.25) is 0 Å². The van der Waals surface area contributed by atoms with Gasteiger partial charge in [-0.15, -0.1) is 0 Å². The third-order valence-electron chi connectivity index (χ3n) is 3.59. The molecular weight excluding hydrogens is 234 g/mol. The van der Waals surface area contributed by atoms with E-state index in [2.05, 4.69) is 0 Å². The zero-order valence-corrected chi connectivity index (χ0v) is 11.3. The van der Waals surface area contributed by atoms with Crippen molar-refractivity contribution in [2.75, 3.05) is 20.3 Å². The number of carbonyl (C=O) groups excluding carboxylic acids is 1. The SMILES string of the molecule is CCCC1(C(=O)O)CCCN1C(=O)CCCOC. The van der Waals surface area contributed by atoms with Crippen molar-refractivity contribution in [2.24, 2.45) is 0 Å². The lowest BCUT2D eigenvalue weighted by atomic mass is 9.90. The molecule has 1 amide bonds. The Labute approximate surface area is 108 Å². The van der Waals surface area contributed by atoms with Crippen molar-refractivity contribution in [1.29, 1.82) is 0 Å². The highest BCUT2D eigenvalue weighted by Gasteiger charge is 2.48. The van der Waals surface area contributed by atoms with Gasteiger partial charge in [-0.1, -0.05) is 13.3 Å². The molecule has 1 aliphatic rings. The number of methoxy groups -OCH3 is 1. The molecule has 1 saturated heterocycles. The van der Waals surface area contributed by atoms with Crippen LogP contribution in [0.25, 0.3) is 0 Å². The predicted octanol–water partition coefficient (Wildman–Crippen LogP) is 1.66. The molecule has 0 aromatic carbocycles. The zero-order chi connectivity index (χ0) is 13.6. The highest BCUT2D eigenvalue weighted by Crippen LogP contribution is 2.34. The molecule has 0 spiro atoms. The maximum absolute atomic E-state index is 12.1. The van der Waals surface area contributed by atoms with Gasteiger partial charge in [0.2, 0.25) is 5.91 Å². The number of carboxylic acids is 1. The van der Waals surface area contributed by atoms with Gasteiger partial charge >= 0.3 is 5.97 Å². The summed E-state index contributed by atoms with van der Waals surface area (Å²) in [6.45, 7) is 3.06. The molecule has 1 aliphatic heterocycles. The summed E-state index contributed by atoms with van der Waals surface area (Å²) in [5.41, 5.74) is -0.959. The normalized spacial score (nSPS) is 23.3. The van der Waals surface area contributed by atoms with Crippen molar-refractivity contribution < 1.29 is 19.4 Å². The lowest BCUT2D eigenvalue weighted by Crippen LogP contribution is -2.53. The number of carboxylic acid groups (broad SMARTS) is 1. The van der Waals surface area contributed by atoms with E-state index in [4.69, 9.17) is 4.74 Å². The smallest absolute Gasteiger partial charge is 0.329 e. The molecule has 1 unspecified atom stereocenters. The first-order chi connectivity index (χ1) is 8.58. The van der Waals surface area contributed by atoms with Crippen molar-refractivity contribution in [3.63, 3.8) is 0 Å². The first-order valence-electron chi connectivity index (χ1n) is 6.61. The maximum atomic E-state index is 12.1. The van der Waals surface area contributed by atoms with Crippen LogP contribution in [0.15, 0.2) is 0 Å². The van der Waals surface area contributed by atoms with E-state index in [0.717, 1.165) is 12.8 Å². The fourth-order valence-electron chi connectivity index (χ4n) is 2.75.